The van der Waals surface area contributed by atoms with E-state index in [0.717, 1.165) is 47.6 Å². The molecule has 22 heavy (non-hydrogen) atoms. The second kappa shape index (κ2) is 6.51. The van der Waals surface area contributed by atoms with Crippen LogP contribution in [0.15, 0.2) is 24.3 Å². The van der Waals surface area contributed by atoms with Crippen molar-refractivity contribution in [2.75, 3.05) is 30.4 Å². The zero-order chi connectivity index (χ0) is 15.4. The third-order valence-electron chi connectivity index (χ3n) is 3.21. The minimum atomic E-state index is 0.578. The van der Waals surface area contributed by atoms with E-state index in [9.17, 15) is 0 Å². The molecule has 0 amide bonds. The summed E-state index contributed by atoms with van der Waals surface area (Å²) in [4.78, 5) is 8.79. The molecule has 0 atom stereocenters. The summed E-state index contributed by atoms with van der Waals surface area (Å²) in [5, 5.41) is 6.56. The van der Waals surface area contributed by atoms with E-state index in [4.69, 9.17) is 9.47 Å². The Balaban J connectivity index is 1.79. The molecule has 0 bridgehead atoms. The lowest BCUT2D eigenvalue weighted by Crippen LogP contribution is -2.15. The molecule has 0 fully saturated rings. The molecule has 0 unspecified atom stereocenters. The van der Waals surface area contributed by atoms with Crippen LogP contribution in [-0.4, -0.2) is 29.7 Å². The van der Waals surface area contributed by atoms with Gasteiger partial charge in [0.15, 0.2) is 11.5 Å². The predicted molar refractivity (Wildman–Crippen MR) is 86.3 cm³/mol. The molecular formula is C16H20N4O2. The van der Waals surface area contributed by atoms with Crippen LogP contribution in [0.2, 0.25) is 0 Å². The zero-order valence-electron chi connectivity index (χ0n) is 12.8. The maximum Gasteiger partial charge on any atom is 0.163 e. The third-order valence-corrected chi connectivity index (χ3v) is 3.21. The fourth-order valence-corrected chi connectivity index (χ4v) is 2.24. The highest BCUT2D eigenvalue weighted by molar-refractivity contribution is 5.63. The smallest absolute Gasteiger partial charge is 0.163 e. The van der Waals surface area contributed by atoms with Crippen molar-refractivity contribution in [1.29, 1.82) is 0 Å². The lowest BCUT2D eigenvalue weighted by Gasteiger charge is -2.19. The van der Waals surface area contributed by atoms with Crippen LogP contribution in [0.5, 0.6) is 11.5 Å². The largest absolute Gasteiger partial charge is 0.486 e. The SMILES string of the molecule is CCCNc1cc(Nc2ccc3c(c2)OCCO3)nc(C)n1. The Morgan fingerprint density at radius 3 is 2.64 bits per heavy atom. The van der Waals surface area contributed by atoms with Crippen LogP contribution in [0.25, 0.3) is 0 Å². The van der Waals surface area contributed by atoms with Crippen molar-refractivity contribution < 1.29 is 9.47 Å². The second-order valence-corrected chi connectivity index (χ2v) is 5.10. The first-order chi connectivity index (χ1) is 10.7. The number of nitrogens with one attached hydrogen (secondary N) is 2. The Hall–Kier alpha value is -2.50. The number of anilines is 3. The zero-order valence-corrected chi connectivity index (χ0v) is 12.8. The van der Waals surface area contributed by atoms with Gasteiger partial charge in [0.2, 0.25) is 0 Å². The molecule has 1 aromatic heterocycles. The molecule has 6 nitrogen and oxygen atoms in total. The number of nitrogens with zero attached hydrogens (tertiary/aromatic N) is 2. The fourth-order valence-electron chi connectivity index (χ4n) is 2.24. The average Bonchev–Trinajstić information content (AvgIpc) is 2.52. The van der Waals surface area contributed by atoms with E-state index >= 15 is 0 Å². The van der Waals surface area contributed by atoms with Gasteiger partial charge in [-0.2, -0.15) is 0 Å². The van der Waals surface area contributed by atoms with Gasteiger partial charge in [0, 0.05) is 24.4 Å². The standard InChI is InChI=1S/C16H20N4O2/c1-3-6-17-15-10-16(19-11(2)18-15)20-12-4-5-13-14(9-12)22-8-7-21-13/h4-5,9-10H,3,6-8H2,1-2H3,(H2,17,18,19,20). The molecule has 0 saturated carbocycles. The number of aryl methyl sites for hydroxylation is 1. The van der Waals surface area contributed by atoms with Crippen molar-refractivity contribution in [3.05, 3.63) is 30.1 Å². The normalized spacial score (nSPS) is 12.8. The number of aromatic nitrogens is 2. The van der Waals surface area contributed by atoms with Crippen molar-refractivity contribution in [3.8, 4) is 11.5 Å². The van der Waals surface area contributed by atoms with Gasteiger partial charge in [0.1, 0.15) is 30.7 Å². The molecule has 1 aliphatic rings. The van der Waals surface area contributed by atoms with Gasteiger partial charge in [-0.1, -0.05) is 6.92 Å². The molecule has 1 aliphatic heterocycles. The Bertz CT molecular complexity index is 661. The van der Waals surface area contributed by atoms with Gasteiger partial charge in [-0.3, -0.25) is 0 Å². The van der Waals surface area contributed by atoms with Gasteiger partial charge in [0.05, 0.1) is 0 Å². The molecule has 2 heterocycles. The molecule has 2 aromatic rings. The molecule has 0 saturated heterocycles. The van der Waals surface area contributed by atoms with Crippen LogP contribution in [0.3, 0.4) is 0 Å². The third kappa shape index (κ3) is 3.39. The highest BCUT2D eigenvalue weighted by Crippen LogP contribution is 2.33. The van der Waals surface area contributed by atoms with E-state index in [1.807, 2.05) is 31.2 Å². The van der Waals surface area contributed by atoms with Gasteiger partial charge in [0.25, 0.3) is 0 Å². The minimum absolute atomic E-state index is 0.578. The predicted octanol–water partition coefficient (Wildman–Crippen LogP) is 3.12. The number of hydrogen-bond acceptors (Lipinski definition) is 6. The van der Waals surface area contributed by atoms with Crippen molar-refractivity contribution in [3.63, 3.8) is 0 Å². The monoisotopic (exact) mass is 300 g/mol. The highest BCUT2D eigenvalue weighted by atomic mass is 16.6. The van der Waals surface area contributed by atoms with Gasteiger partial charge < -0.3 is 20.1 Å². The van der Waals surface area contributed by atoms with E-state index < -0.39 is 0 Å². The number of hydrogen-bond donors (Lipinski definition) is 2. The maximum absolute atomic E-state index is 5.59. The van der Waals surface area contributed by atoms with E-state index in [2.05, 4.69) is 27.5 Å². The number of fused-ring (bicyclic) bond motifs is 1. The van der Waals surface area contributed by atoms with E-state index in [-0.39, 0.29) is 0 Å². The van der Waals surface area contributed by atoms with Crippen LogP contribution >= 0.6 is 0 Å². The molecule has 0 spiro atoms. The summed E-state index contributed by atoms with van der Waals surface area (Å²) in [5.74, 6) is 3.84. The topological polar surface area (TPSA) is 68.3 Å². The van der Waals surface area contributed by atoms with Crippen LogP contribution in [0.1, 0.15) is 19.2 Å². The summed E-state index contributed by atoms with van der Waals surface area (Å²) >= 11 is 0. The molecule has 2 N–H and O–H groups in total. The lowest BCUT2D eigenvalue weighted by molar-refractivity contribution is 0.171. The van der Waals surface area contributed by atoms with E-state index in [1.54, 1.807) is 0 Å². The first kappa shape index (κ1) is 14.4. The quantitative estimate of drug-likeness (QED) is 0.884. The summed E-state index contributed by atoms with van der Waals surface area (Å²) in [6, 6.07) is 7.68. The van der Waals surface area contributed by atoms with Gasteiger partial charge in [-0.15, -0.1) is 0 Å². The van der Waals surface area contributed by atoms with E-state index in [1.165, 1.54) is 0 Å². The first-order valence-corrected chi connectivity index (χ1v) is 7.51. The Kier molecular flexibility index (Phi) is 4.27. The second-order valence-electron chi connectivity index (χ2n) is 5.10. The molecule has 0 aliphatic carbocycles. The molecule has 0 radical (unpaired) electrons. The van der Waals surface area contributed by atoms with Crippen molar-refractivity contribution in [1.82, 2.24) is 9.97 Å². The Morgan fingerprint density at radius 1 is 1.05 bits per heavy atom. The van der Waals surface area contributed by atoms with Gasteiger partial charge in [-0.25, -0.2) is 9.97 Å². The summed E-state index contributed by atoms with van der Waals surface area (Å²) in [6.45, 7) is 6.06. The Morgan fingerprint density at radius 2 is 1.82 bits per heavy atom. The maximum atomic E-state index is 5.59. The van der Waals surface area contributed by atoms with Crippen molar-refractivity contribution in [2.24, 2.45) is 0 Å². The molecule has 3 rings (SSSR count). The lowest BCUT2D eigenvalue weighted by atomic mass is 10.2. The average molecular weight is 300 g/mol. The highest BCUT2D eigenvalue weighted by Gasteiger charge is 2.12. The van der Waals surface area contributed by atoms with E-state index in [0.29, 0.717) is 13.2 Å². The molecule has 6 heteroatoms. The fraction of sp³-hybridized carbons (Fsp3) is 0.375. The van der Waals surface area contributed by atoms with Gasteiger partial charge in [-0.05, 0) is 25.5 Å². The van der Waals surface area contributed by atoms with Crippen molar-refractivity contribution >= 4 is 17.3 Å². The molecule has 1 aromatic carbocycles. The summed E-state index contributed by atoms with van der Waals surface area (Å²) in [5.41, 5.74) is 0.906. The Labute approximate surface area is 129 Å². The summed E-state index contributed by atoms with van der Waals surface area (Å²) < 4.78 is 11.1. The van der Waals surface area contributed by atoms with Crippen molar-refractivity contribution in [2.45, 2.75) is 20.3 Å². The summed E-state index contributed by atoms with van der Waals surface area (Å²) in [7, 11) is 0. The van der Waals surface area contributed by atoms with Crippen LogP contribution in [0, 0.1) is 6.92 Å². The number of benzene rings is 1. The minimum Gasteiger partial charge on any atom is -0.486 e. The van der Waals surface area contributed by atoms with Gasteiger partial charge >= 0.3 is 0 Å². The molecular weight excluding hydrogens is 280 g/mol. The van der Waals surface area contributed by atoms with Crippen LogP contribution < -0.4 is 20.1 Å². The summed E-state index contributed by atoms with van der Waals surface area (Å²) in [6.07, 6.45) is 1.05. The number of ether oxygens (including phenoxy) is 2. The van der Waals surface area contributed by atoms with Crippen LogP contribution in [-0.2, 0) is 0 Å². The number of rotatable bonds is 5. The van der Waals surface area contributed by atoms with Crippen LogP contribution in [0.4, 0.5) is 17.3 Å². The molecule has 116 valence electrons. The first-order valence-electron chi connectivity index (χ1n) is 7.51.